The molecule has 0 aliphatic carbocycles. The van der Waals surface area contributed by atoms with Gasteiger partial charge in [0.05, 0.1) is 5.52 Å². The van der Waals surface area contributed by atoms with Crippen LogP contribution in [0, 0.1) is 10.6 Å². The van der Waals surface area contributed by atoms with Crippen LogP contribution in [0.3, 0.4) is 0 Å². The van der Waals surface area contributed by atoms with Gasteiger partial charge in [-0.2, -0.15) is 11.8 Å². The molecule has 1 aromatic heterocycles. The molecule has 0 saturated heterocycles. The van der Waals surface area contributed by atoms with Crippen molar-refractivity contribution in [1.82, 2.24) is 9.55 Å². The average Bonchev–Trinajstić information content (AvgIpc) is 2.58. The van der Waals surface area contributed by atoms with Crippen molar-refractivity contribution in [2.75, 3.05) is 6.26 Å². The number of nitrogens with zero attached hydrogens (tertiary/aromatic N) is 1. The number of H-pyrrole nitrogens is 1. The van der Waals surface area contributed by atoms with Crippen molar-refractivity contribution in [3.63, 3.8) is 0 Å². The van der Waals surface area contributed by atoms with Crippen LogP contribution in [0.4, 0.5) is 4.39 Å². The topological polar surface area (TPSA) is 20.7 Å². The van der Waals surface area contributed by atoms with Crippen molar-refractivity contribution in [3.05, 3.63) is 28.8 Å². The van der Waals surface area contributed by atoms with Crippen molar-refractivity contribution in [2.45, 2.75) is 25.1 Å². The van der Waals surface area contributed by atoms with Crippen molar-refractivity contribution < 1.29 is 4.39 Å². The highest BCUT2D eigenvalue weighted by atomic mass is 32.2. The van der Waals surface area contributed by atoms with Crippen molar-refractivity contribution >= 4 is 35.0 Å². The zero-order valence-electron chi connectivity index (χ0n) is 10.1. The van der Waals surface area contributed by atoms with Crippen molar-refractivity contribution in [1.29, 1.82) is 0 Å². The molecule has 2 aromatic rings. The van der Waals surface area contributed by atoms with Gasteiger partial charge in [0.15, 0.2) is 4.77 Å². The van der Waals surface area contributed by atoms with E-state index in [1.54, 1.807) is 17.8 Å². The second-order valence-corrected chi connectivity index (χ2v) is 6.51. The Balaban J connectivity index is 2.58. The Bertz CT molecular complexity index is 598. The van der Waals surface area contributed by atoms with Gasteiger partial charge in [-0.05, 0) is 44.5 Å². The molecule has 0 saturated carbocycles. The molecule has 0 spiro atoms. The van der Waals surface area contributed by atoms with Gasteiger partial charge in [0.25, 0.3) is 0 Å². The van der Waals surface area contributed by atoms with Gasteiger partial charge >= 0.3 is 0 Å². The van der Waals surface area contributed by atoms with Gasteiger partial charge in [-0.25, -0.2) is 4.39 Å². The zero-order chi connectivity index (χ0) is 12.6. The van der Waals surface area contributed by atoms with Gasteiger partial charge in [0.2, 0.25) is 0 Å². The number of aromatic amines is 1. The molecule has 17 heavy (non-hydrogen) atoms. The van der Waals surface area contributed by atoms with Gasteiger partial charge in [0.1, 0.15) is 11.3 Å². The molecule has 92 valence electrons. The largest absolute Gasteiger partial charge is 0.328 e. The van der Waals surface area contributed by atoms with Gasteiger partial charge in [0, 0.05) is 11.3 Å². The molecule has 0 fully saturated rings. The summed E-state index contributed by atoms with van der Waals surface area (Å²) in [5.41, 5.74) is 1.33. The van der Waals surface area contributed by atoms with Crippen LogP contribution in [-0.2, 0) is 6.54 Å². The number of imidazole rings is 1. The van der Waals surface area contributed by atoms with E-state index in [0.717, 1.165) is 12.1 Å². The number of thioether (sulfide) groups is 1. The Labute approximate surface area is 109 Å². The third kappa shape index (κ3) is 2.40. The Kier molecular flexibility index (Phi) is 3.32. The standard InChI is InChI=1S/C12H15FN2S2/c1-12(2,17-3)7-15-9-6-4-5-8(13)10(9)14-11(15)16/h4-6H,7H2,1-3H3,(H,14,16). The second-order valence-electron chi connectivity index (χ2n) is 4.61. The van der Waals surface area contributed by atoms with Crippen molar-refractivity contribution in [2.24, 2.45) is 0 Å². The lowest BCUT2D eigenvalue weighted by Gasteiger charge is -2.22. The van der Waals surface area contributed by atoms with Crippen LogP contribution >= 0.6 is 24.0 Å². The highest BCUT2D eigenvalue weighted by Crippen LogP contribution is 2.26. The zero-order valence-corrected chi connectivity index (χ0v) is 11.7. The maximum atomic E-state index is 13.6. The summed E-state index contributed by atoms with van der Waals surface area (Å²) in [6, 6.07) is 5.04. The molecule has 0 unspecified atom stereocenters. The maximum Gasteiger partial charge on any atom is 0.178 e. The lowest BCUT2D eigenvalue weighted by atomic mass is 10.2. The molecule has 0 aliphatic rings. The highest BCUT2D eigenvalue weighted by Gasteiger charge is 2.19. The van der Waals surface area contributed by atoms with Crippen LogP contribution in [0.5, 0.6) is 0 Å². The molecular weight excluding hydrogens is 255 g/mol. The minimum Gasteiger partial charge on any atom is -0.328 e. The van der Waals surface area contributed by atoms with Crippen molar-refractivity contribution in [3.8, 4) is 0 Å². The molecule has 5 heteroatoms. The lowest BCUT2D eigenvalue weighted by molar-refractivity contribution is 0.574. The summed E-state index contributed by atoms with van der Waals surface area (Å²) in [6.45, 7) is 5.06. The fraction of sp³-hybridized carbons (Fsp3) is 0.417. The van der Waals surface area contributed by atoms with E-state index in [1.807, 2.05) is 10.6 Å². The van der Waals surface area contributed by atoms with Crippen LogP contribution in [-0.4, -0.2) is 20.6 Å². The van der Waals surface area contributed by atoms with E-state index in [9.17, 15) is 4.39 Å². The van der Waals surface area contributed by atoms with E-state index in [4.69, 9.17) is 12.2 Å². The fourth-order valence-corrected chi connectivity index (χ4v) is 2.27. The predicted molar refractivity (Wildman–Crippen MR) is 74.7 cm³/mol. The first-order valence-corrected chi connectivity index (χ1v) is 7.00. The van der Waals surface area contributed by atoms with Gasteiger partial charge in [-0.15, -0.1) is 0 Å². The highest BCUT2D eigenvalue weighted by molar-refractivity contribution is 7.99. The fourth-order valence-electron chi connectivity index (χ4n) is 1.75. The summed E-state index contributed by atoms with van der Waals surface area (Å²) in [5, 5.41) is 0. The maximum absolute atomic E-state index is 13.6. The molecule has 0 bridgehead atoms. The SMILES string of the molecule is CSC(C)(C)Cn1c(=S)[nH]c2c(F)cccc21. The number of halogens is 1. The van der Waals surface area contributed by atoms with Crippen LogP contribution in [0.25, 0.3) is 11.0 Å². The molecule has 1 N–H and O–H groups in total. The Hall–Kier alpha value is -0.810. The molecule has 0 aliphatic heterocycles. The van der Waals surface area contributed by atoms with Crippen LogP contribution in [0.1, 0.15) is 13.8 Å². The lowest BCUT2D eigenvalue weighted by Crippen LogP contribution is -2.22. The number of rotatable bonds is 3. The van der Waals surface area contributed by atoms with Crippen LogP contribution in [0.2, 0.25) is 0 Å². The van der Waals surface area contributed by atoms with E-state index in [0.29, 0.717) is 10.3 Å². The van der Waals surface area contributed by atoms with Gasteiger partial charge in [-0.1, -0.05) is 6.07 Å². The monoisotopic (exact) mass is 270 g/mol. The first-order valence-electron chi connectivity index (χ1n) is 5.37. The second kappa shape index (κ2) is 4.46. The quantitative estimate of drug-likeness (QED) is 0.852. The third-order valence-corrected chi connectivity index (χ3v) is 4.41. The van der Waals surface area contributed by atoms with Crippen LogP contribution < -0.4 is 0 Å². The van der Waals surface area contributed by atoms with E-state index < -0.39 is 0 Å². The third-order valence-electron chi connectivity index (χ3n) is 2.85. The number of benzene rings is 1. The van der Waals surface area contributed by atoms with Crippen LogP contribution in [0.15, 0.2) is 18.2 Å². The minimum absolute atomic E-state index is 0.0691. The Morgan fingerprint density at radius 1 is 1.47 bits per heavy atom. The predicted octanol–water partition coefficient (Wildman–Crippen LogP) is 3.98. The number of hydrogen-bond acceptors (Lipinski definition) is 2. The number of hydrogen-bond donors (Lipinski definition) is 1. The van der Waals surface area contributed by atoms with E-state index in [1.165, 1.54) is 6.07 Å². The Morgan fingerprint density at radius 3 is 2.82 bits per heavy atom. The normalized spacial score (nSPS) is 12.2. The van der Waals surface area contributed by atoms with Gasteiger partial charge in [-0.3, -0.25) is 0 Å². The van der Waals surface area contributed by atoms with E-state index in [-0.39, 0.29) is 10.6 Å². The molecule has 2 rings (SSSR count). The molecule has 1 aromatic carbocycles. The van der Waals surface area contributed by atoms with E-state index >= 15 is 0 Å². The Morgan fingerprint density at radius 2 is 2.18 bits per heavy atom. The number of aromatic nitrogens is 2. The summed E-state index contributed by atoms with van der Waals surface area (Å²) in [7, 11) is 0. The molecule has 0 radical (unpaired) electrons. The minimum atomic E-state index is -0.255. The number of fused-ring (bicyclic) bond motifs is 1. The summed E-state index contributed by atoms with van der Waals surface area (Å²) in [5.74, 6) is -0.255. The average molecular weight is 270 g/mol. The summed E-state index contributed by atoms with van der Waals surface area (Å²) < 4.78 is 16.2. The smallest absolute Gasteiger partial charge is 0.178 e. The number of nitrogens with one attached hydrogen (secondary N) is 1. The molecule has 1 heterocycles. The summed E-state index contributed by atoms with van der Waals surface area (Å²) in [4.78, 5) is 2.94. The summed E-state index contributed by atoms with van der Waals surface area (Å²) >= 11 is 7.03. The first-order chi connectivity index (χ1) is 7.94. The summed E-state index contributed by atoms with van der Waals surface area (Å²) in [6.07, 6.45) is 2.07. The molecule has 0 amide bonds. The molecule has 0 atom stereocenters. The first kappa shape index (κ1) is 12.6. The number of para-hydroxylation sites is 1. The molecule has 2 nitrogen and oxygen atoms in total. The van der Waals surface area contributed by atoms with E-state index in [2.05, 4.69) is 25.1 Å². The van der Waals surface area contributed by atoms with Gasteiger partial charge < -0.3 is 9.55 Å². The molecular formula is C12H15FN2S2.